The summed E-state index contributed by atoms with van der Waals surface area (Å²) in [6, 6.07) is 5.27. The van der Waals surface area contributed by atoms with Crippen LogP contribution in [0.15, 0.2) is 22.7 Å². The number of fused-ring (bicyclic) bond motifs is 1. The Balaban J connectivity index is 2.42. The number of nitrogens with one attached hydrogen (secondary N) is 1. The molecule has 0 aliphatic rings. The number of carbonyl (C=O) groups excluding carboxylic acids is 2. The molecule has 0 bridgehead atoms. The molecule has 25 heavy (non-hydrogen) atoms. The van der Waals surface area contributed by atoms with Gasteiger partial charge in [0.2, 0.25) is 0 Å². The Labute approximate surface area is 154 Å². The van der Waals surface area contributed by atoms with E-state index in [1.165, 1.54) is 0 Å². The van der Waals surface area contributed by atoms with Gasteiger partial charge in [0.25, 0.3) is 0 Å². The zero-order valence-electron chi connectivity index (χ0n) is 15.1. The van der Waals surface area contributed by atoms with E-state index in [1.54, 1.807) is 59.7 Å². The molecule has 136 valence electrons. The number of aromatic nitrogens is 2. The summed E-state index contributed by atoms with van der Waals surface area (Å²) in [5.74, 6) is 0.225. The van der Waals surface area contributed by atoms with Crippen LogP contribution in [-0.2, 0) is 9.47 Å². The van der Waals surface area contributed by atoms with Crippen LogP contribution in [0.3, 0.4) is 0 Å². The summed E-state index contributed by atoms with van der Waals surface area (Å²) in [4.78, 5) is 24.5. The van der Waals surface area contributed by atoms with E-state index in [-0.39, 0.29) is 5.82 Å². The Bertz CT molecular complexity index is 816. The second kappa shape index (κ2) is 6.67. The molecule has 0 radical (unpaired) electrons. The highest BCUT2D eigenvalue weighted by Crippen LogP contribution is 2.27. The van der Waals surface area contributed by atoms with Gasteiger partial charge in [-0.15, -0.1) is 5.10 Å². The van der Waals surface area contributed by atoms with Crippen LogP contribution in [0.4, 0.5) is 15.4 Å². The second-order valence-corrected chi connectivity index (χ2v) is 8.44. The lowest BCUT2D eigenvalue weighted by Gasteiger charge is -2.19. The molecule has 2 rings (SSSR count). The average Bonchev–Trinajstić information content (AvgIpc) is 2.72. The number of hydrogen-bond donors (Lipinski definition) is 1. The quantitative estimate of drug-likeness (QED) is 0.718. The van der Waals surface area contributed by atoms with Crippen molar-refractivity contribution in [1.82, 2.24) is 9.78 Å². The molecule has 0 aliphatic carbocycles. The Morgan fingerprint density at radius 1 is 1.08 bits per heavy atom. The minimum absolute atomic E-state index is 0.225. The van der Waals surface area contributed by atoms with E-state index in [0.717, 1.165) is 9.15 Å². The zero-order valence-corrected chi connectivity index (χ0v) is 16.7. The Hall–Kier alpha value is -2.09. The number of hydrogen-bond acceptors (Lipinski definition) is 5. The van der Waals surface area contributed by atoms with Crippen LogP contribution in [0.2, 0.25) is 0 Å². The van der Waals surface area contributed by atoms with Crippen molar-refractivity contribution in [3.63, 3.8) is 0 Å². The molecule has 1 aromatic heterocycles. The first-order valence-corrected chi connectivity index (χ1v) is 8.57. The predicted octanol–water partition coefficient (Wildman–Crippen LogP) is 4.93. The first-order valence-electron chi connectivity index (χ1n) is 7.77. The molecular formula is C17H22BrN3O4. The monoisotopic (exact) mass is 411 g/mol. The van der Waals surface area contributed by atoms with Crippen molar-refractivity contribution in [2.75, 3.05) is 5.32 Å². The van der Waals surface area contributed by atoms with E-state index >= 15 is 0 Å². The standard InChI is InChI=1S/C17H22BrN3O4/c1-16(2,3)24-14(22)19-13-11-8-7-10(18)9-12(11)21(20-13)15(23)25-17(4,5)6/h7-9H,1-6H3,(H,19,20,22). The SMILES string of the molecule is CC(C)(C)OC(=O)Nc1nn(C(=O)OC(C)(C)C)c2cc(Br)ccc12. The van der Waals surface area contributed by atoms with Crippen molar-refractivity contribution in [2.45, 2.75) is 52.7 Å². The van der Waals surface area contributed by atoms with Crippen molar-refractivity contribution < 1.29 is 19.1 Å². The van der Waals surface area contributed by atoms with Gasteiger partial charge in [-0.05, 0) is 59.7 Å². The molecule has 8 heteroatoms. The zero-order chi connectivity index (χ0) is 19.0. The molecule has 2 aromatic rings. The summed E-state index contributed by atoms with van der Waals surface area (Å²) in [7, 11) is 0. The number of ether oxygens (including phenoxy) is 2. The van der Waals surface area contributed by atoms with Gasteiger partial charge >= 0.3 is 12.2 Å². The van der Waals surface area contributed by atoms with E-state index in [0.29, 0.717) is 10.9 Å². The van der Waals surface area contributed by atoms with Gasteiger partial charge in [-0.1, -0.05) is 15.9 Å². The number of benzene rings is 1. The molecule has 0 aliphatic heterocycles. The second-order valence-electron chi connectivity index (χ2n) is 7.53. The van der Waals surface area contributed by atoms with Gasteiger partial charge in [-0.25, -0.2) is 9.59 Å². The van der Waals surface area contributed by atoms with Crippen LogP contribution in [0.25, 0.3) is 10.9 Å². The maximum absolute atomic E-state index is 12.4. The van der Waals surface area contributed by atoms with Gasteiger partial charge in [-0.3, -0.25) is 5.32 Å². The Morgan fingerprint density at radius 3 is 2.24 bits per heavy atom. The van der Waals surface area contributed by atoms with Crippen molar-refractivity contribution in [3.8, 4) is 0 Å². The average molecular weight is 412 g/mol. The lowest BCUT2D eigenvalue weighted by atomic mass is 10.2. The van der Waals surface area contributed by atoms with E-state index < -0.39 is 23.4 Å². The third-order valence-corrected chi connectivity index (χ3v) is 3.32. The first kappa shape index (κ1) is 19.2. The van der Waals surface area contributed by atoms with Crippen molar-refractivity contribution in [2.24, 2.45) is 0 Å². The first-order chi connectivity index (χ1) is 11.4. The molecule has 7 nitrogen and oxygen atoms in total. The summed E-state index contributed by atoms with van der Waals surface area (Å²) in [5.41, 5.74) is -0.800. The predicted molar refractivity (Wildman–Crippen MR) is 98.9 cm³/mol. The van der Waals surface area contributed by atoms with Crippen molar-refractivity contribution in [3.05, 3.63) is 22.7 Å². The van der Waals surface area contributed by atoms with Crippen LogP contribution in [-0.4, -0.2) is 33.2 Å². The molecule has 0 unspecified atom stereocenters. The molecule has 0 atom stereocenters. The minimum atomic E-state index is -0.667. The fourth-order valence-electron chi connectivity index (χ4n) is 2.02. The van der Waals surface area contributed by atoms with Gasteiger partial charge < -0.3 is 9.47 Å². The van der Waals surface area contributed by atoms with Gasteiger partial charge in [0.05, 0.1) is 5.52 Å². The molecule has 1 amide bonds. The van der Waals surface area contributed by atoms with E-state index in [9.17, 15) is 9.59 Å². The van der Waals surface area contributed by atoms with E-state index in [1.807, 2.05) is 0 Å². The summed E-state index contributed by atoms with van der Waals surface area (Å²) in [6.45, 7) is 10.6. The third kappa shape index (κ3) is 5.19. The van der Waals surface area contributed by atoms with Gasteiger partial charge in [-0.2, -0.15) is 4.68 Å². The third-order valence-electron chi connectivity index (χ3n) is 2.83. The largest absolute Gasteiger partial charge is 0.444 e. The van der Waals surface area contributed by atoms with Crippen LogP contribution in [0.1, 0.15) is 41.5 Å². The molecule has 0 fully saturated rings. The molecule has 0 spiro atoms. The number of anilines is 1. The highest BCUT2D eigenvalue weighted by molar-refractivity contribution is 9.10. The molecule has 1 aromatic carbocycles. The van der Waals surface area contributed by atoms with Crippen molar-refractivity contribution >= 4 is 44.8 Å². The summed E-state index contributed by atoms with van der Waals surface area (Å²) >= 11 is 3.37. The van der Waals surface area contributed by atoms with Crippen LogP contribution >= 0.6 is 15.9 Å². The van der Waals surface area contributed by atoms with Crippen LogP contribution < -0.4 is 5.32 Å². The van der Waals surface area contributed by atoms with E-state index in [4.69, 9.17) is 9.47 Å². The Kier molecular flexibility index (Phi) is 5.13. The van der Waals surface area contributed by atoms with E-state index in [2.05, 4.69) is 26.3 Å². The van der Waals surface area contributed by atoms with Gasteiger partial charge in [0.1, 0.15) is 11.2 Å². The lowest BCUT2D eigenvalue weighted by Crippen LogP contribution is -2.28. The summed E-state index contributed by atoms with van der Waals surface area (Å²) in [6.07, 6.45) is -1.28. The fourth-order valence-corrected chi connectivity index (χ4v) is 2.37. The fraction of sp³-hybridized carbons (Fsp3) is 0.471. The number of amides is 1. The van der Waals surface area contributed by atoms with Gasteiger partial charge in [0, 0.05) is 9.86 Å². The van der Waals surface area contributed by atoms with Gasteiger partial charge in [0.15, 0.2) is 5.82 Å². The Morgan fingerprint density at radius 2 is 1.68 bits per heavy atom. The molecular weight excluding hydrogens is 390 g/mol. The topological polar surface area (TPSA) is 82.5 Å². The smallest absolute Gasteiger partial charge is 0.435 e. The normalized spacial score (nSPS) is 12.1. The number of rotatable bonds is 1. The summed E-state index contributed by atoms with van der Waals surface area (Å²) in [5, 5.41) is 7.37. The summed E-state index contributed by atoms with van der Waals surface area (Å²) < 4.78 is 12.5. The van der Waals surface area contributed by atoms with Crippen molar-refractivity contribution in [1.29, 1.82) is 0 Å². The molecule has 1 N–H and O–H groups in total. The number of halogens is 1. The maximum atomic E-state index is 12.4. The molecule has 0 saturated carbocycles. The lowest BCUT2D eigenvalue weighted by molar-refractivity contribution is 0.0520. The minimum Gasteiger partial charge on any atom is -0.444 e. The number of carbonyl (C=O) groups is 2. The van der Waals surface area contributed by atoms with Crippen LogP contribution in [0, 0.1) is 0 Å². The van der Waals surface area contributed by atoms with Crippen LogP contribution in [0.5, 0.6) is 0 Å². The highest BCUT2D eigenvalue weighted by Gasteiger charge is 2.24. The number of nitrogens with zero attached hydrogens (tertiary/aromatic N) is 2. The molecule has 0 saturated heterocycles. The molecule has 1 heterocycles. The maximum Gasteiger partial charge on any atom is 0.435 e. The highest BCUT2D eigenvalue weighted by atomic mass is 79.9.